The number of urea groups is 1. The molecule has 38 heavy (non-hydrogen) atoms. The van der Waals surface area contributed by atoms with Crippen LogP contribution in [-0.4, -0.2) is 37.5 Å². The molecule has 0 aromatic carbocycles. The fourth-order valence-corrected chi connectivity index (χ4v) is 12.4. The van der Waals surface area contributed by atoms with Crippen LogP contribution >= 0.6 is 0 Å². The van der Waals surface area contributed by atoms with Crippen molar-refractivity contribution in [1.29, 1.82) is 0 Å². The molecule has 0 aromatic heterocycles. The van der Waals surface area contributed by atoms with Crippen molar-refractivity contribution in [2.24, 2.45) is 52.3 Å². The first-order valence-corrected chi connectivity index (χ1v) is 17.5. The molecule has 0 radical (unpaired) electrons. The summed E-state index contributed by atoms with van der Waals surface area (Å²) >= 11 is 0. The van der Waals surface area contributed by atoms with Crippen LogP contribution < -0.4 is 10.0 Å². The van der Waals surface area contributed by atoms with E-state index in [9.17, 15) is 18.3 Å². The van der Waals surface area contributed by atoms with Crippen molar-refractivity contribution >= 4 is 16.1 Å². The lowest BCUT2D eigenvalue weighted by molar-refractivity contribution is -0.152. The number of nitrogens with one attached hydrogen (secondary N) is 2. The highest BCUT2D eigenvalue weighted by Gasteiger charge is 2.62. The zero-order chi connectivity index (χ0) is 27.3. The number of aliphatic hydroxyl groups excluding tert-OH is 1. The standard InChI is InChI=1S/C31H54N2O4S/c1-5-21-18-24-26-11-10-25(20(2)14-17-32-29(35)33-38(36,37)23-8-6-7-9-23)30(26,3)16-13-27(24)31(4)15-12-22(34)19-28(21)31/h20-28,34H,5-19H2,1-4H3,(H2,32,33,35)/t20-,21+,22-,24+,25-,26+,27+,28+,30-,31-/m1/s1. The van der Waals surface area contributed by atoms with Gasteiger partial charge in [-0.25, -0.2) is 17.9 Å². The minimum absolute atomic E-state index is 0.0947. The van der Waals surface area contributed by atoms with E-state index in [-0.39, 0.29) is 6.10 Å². The third-order valence-corrected chi connectivity index (χ3v) is 14.8. The number of amides is 2. The maximum atomic E-state index is 12.5. The van der Waals surface area contributed by atoms with E-state index in [0.29, 0.717) is 48.0 Å². The van der Waals surface area contributed by atoms with Gasteiger partial charge in [-0.05, 0) is 123 Å². The van der Waals surface area contributed by atoms with Gasteiger partial charge in [0.15, 0.2) is 0 Å². The topological polar surface area (TPSA) is 95.5 Å². The Morgan fingerprint density at radius 2 is 1.63 bits per heavy atom. The zero-order valence-corrected chi connectivity index (χ0v) is 25.2. The zero-order valence-electron chi connectivity index (χ0n) is 24.4. The van der Waals surface area contributed by atoms with Crippen molar-refractivity contribution in [3.05, 3.63) is 0 Å². The van der Waals surface area contributed by atoms with E-state index in [0.717, 1.165) is 55.8 Å². The predicted octanol–water partition coefficient (Wildman–Crippen LogP) is 6.24. The van der Waals surface area contributed by atoms with Gasteiger partial charge in [0.2, 0.25) is 10.0 Å². The molecule has 0 bridgehead atoms. The molecule has 10 atom stereocenters. The quantitative estimate of drug-likeness (QED) is 0.350. The highest BCUT2D eigenvalue weighted by Crippen LogP contribution is 2.69. The molecule has 2 amide bonds. The average molecular weight is 551 g/mol. The summed E-state index contributed by atoms with van der Waals surface area (Å²) in [5.74, 6) is 5.02. The third-order valence-electron chi connectivity index (χ3n) is 13.0. The van der Waals surface area contributed by atoms with Gasteiger partial charge in [-0.3, -0.25) is 0 Å². The molecule has 5 aliphatic carbocycles. The van der Waals surface area contributed by atoms with Gasteiger partial charge in [0.05, 0.1) is 11.4 Å². The molecule has 0 aromatic rings. The molecule has 5 rings (SSSR count). The molecule has 7 heteroatoms. The molecule has 5 saturated carbocycles. The van der Waals surface area contributed by atoms with E-state index in [2.05, 4.69) is 37.7 Å². The molecule has 0 saturated heterocycles. The lowest BCUT2D eigenvalue weighted by atomic mass is 9.42. The third kappa shape index (κ3) is 5.05. The van der Waals surface area contributed by atoms with Crippen LogP contribution in [0.2, 0.25) is 0 Å². The SMILES string of the molecule is CC[C@H]1C[C@@H]2[C@H](CC[C@]3(C)[C@@H]([C@H](C)CCNC(=O)NS(=O)(=O)C4CCCC4)CC[C@@H]23)[C@@]2(C)CC[C@@H](O)C[C@@H]12. The number of aliphatic hydroxyl groups is 1. The minimum atomic E-state index is -3.56. The monoisotopic (exact) mass is 550 g/mol. The summed E-state index contributed by atoms with van der Waals surface area (Å²) in [7, 11) is -3.56. The molecule has 0 unspecified atom stereocenters. The van der Waals surface area contributed by atoms with Crippen molar-refractivity contribution in [2.45, 2.75) is 129 Å². The Balaban J connectivity index is 1.19. The largest absolute Gasteiger partial charge is 0.393 e. The molecule has 5 fully saturated rings. The summed E-state index contributed by atoms with van der Waals surface area (Å²) in [4.78, 5) is 12.4. The Morgan fingerprint density at radius 3 is 2.34 bits per heavy atom. The van der Waals surface area contributed by atoms with Crippen molar-refractivity contribution < 1.29 is 18.3 Å². The summed E-state index contributed by atoms with van der Waals surface area (Å²) in [5.41, 5.74) is 0.758. The van der Waals surface area contributed by atoms with Gasteiger partial charge < -0.3 is 10.4 Å². The highest BCUT2D eigenvalue weighted by molar-refractivity contribution is 7.90. The average Bonchev–Trinajstić information content (AvgIpc) is 3.52. The first-order chi connectivity index (χ1) is 18.0. The Labute approximate surface area is 231 Å². The molecular formula is C31H54N2O4S. The van der Waals surface area contributed by atoms with E-state index >= 15 is 0 Å². The fraction of sp³-hybridized carbons (Fsp3) is 0.968. The number of sulfonamides is 1. The summed E-state index contributed by atoms with van der Waals surface area (Å²) < 4.78 is 27.2. The van der Waals surface area contributed by atoms with Gasteiger partial charge in [-0.2, -0.15) is 0 Å². The van der Waals surface area contributed by atoms with Crippen molar-refractivity contribution in [2.75, 3.05) is 6.54 Å². The van der Waals surface area contributed by atoms with Gasteiger partial charge in [0.1, 0.15) is 0 Å². The number of rotatable bonds is 7. The minimum Gasteiger partial charge on any atom is -0.393 e. The van der Waals surface area contributed by atoms with E-state index in [4.69, 9.17) is 0 Å². The fourth-order valence-electron chi connectivity index (χ4n) is 11.0. The molecule has 3 N–H and O–H groups in total. The lowest BCUT2D eigenvalue weighted by Crippen LogP contribution is -2.56. The normalized spacial score (nSPS) is 44.1. The van der Waals surface area contributed by atoms with Crippen LogP contribution in [0, 0.1) is 52.3 Å². The number of carbonyl (C=O) groups is 1. The number of hydrogen-bond donors (Lipinski definition) is 3. The lowest BCUT2D eigenvalue weighted by Gasteiger charge is -2.63. The Kier molecular flexibility index (Phi) is 8.21. The van der Waals surface area contributed by atoms with Gasteiger partial charge in [0.25, 0.3) is 0 Å². The van der Waals surface area contributed by atoms with Crippen LogP contribution in [0.3, 0.4) is 0 Å². The van der Waals surface area contributed by atoms with Crippen molar-refractivity contribution in [1.82, 2.24) is 10.0 Å². The molecule has 0 heterocycles. The molecule has 6 nitrogen and oxygen atoms in total. The van der Waals surface area contributed by atoms with Crippen LogP contribution in [0.1, 0.15) is 118 Å². The maximum Gasteiger partial charge on any atom is 0.328 e. The van der Waals surface area contributed by atoms with Gasteiger partial charge >= 0.3 is 6.03 Å². The van der Waals surface area contributed by atoms with Crippen LogP contribution in [0.5, 0.6) is 0 Å². The van der Waals surface area contributed by atoms with Crippen LogP contribution in [0.15, 0.2) is 0 Å². The second-order valence-corrected chi connectivity index (χ2v) is 16.6. The summed E-state index contributed by atoms with van der Waals surface area (Å²) in [6.07, 6.45) is 15.0. The number of carbonyl (C=O) groups excluding carboxylic acids is 1. The van der Waals surface area contributed by atoms with E-state index in [1.54, 1.807) is 0 Å². The molecule has 0 spiro atoms. The van der Waals surface area contributed by atoms with Crippen LogP contribution in [-0.2, 0) is 10.0 Å². The van der Waals surface area contributed by atoms with Gasteiger partial charge in [-0.1, -0.05) is 47.0 Å². The van der Waals surface area contributed by atoms with Crippen molar-refractivity contribution in [3.63, 3.8) is 0 Å². The Hall–Kier alpha value is -0.820. The van der Waals surface area contributed by atoms with E-state index in [1.165, 1.54) is 44.9 Å². The summed E-state index contributed by atoms with van der Waals surface area (Å²) in [5, 5.41) is 12.9. The molecule has 218 valence electrons. The molecule has 5 aliphatic rings. The summed E-state index contributed by atoms with van der Waals surface area (Å²) in [6.45, 7) is 10.4. The van der Waals surface area contributed by atoms with Gasteiger partial charge in [-0.15, -0.1) is 0 Å². The van der Waals surface area contributed by atoms with Crippen molar-refractivity contribution in [3.8, 4) is 0 Å². The highest BCUT2D eigenvalue weighted by atomic mass is 32.2. The molecule has 0 aliphatic heterocycles. The second kappa shape index (κ2) is 10.9. The summed E-state index contributed by atoms with van der Waals surface area (Å²) in [6, 6.07) is -0.562. The number of hydrogen-bond acceptors (Lipinski definition) is 4. The smallest absolute Gasteiger partial charge is 0.328 e. The predicted molar refractivity (Wildman–Crippen MR) is 152 cm³/mol. The molecular weight excluding hydrogens is 496 g/mol. The Bertz CT molecular complexity index is 965. The van der Waals surface area contributed by atoms with Crippen LogP contribution in [0.4, 0.5) is 4.79 Å². The van der Waals surface area contributed by atoms with E-state index < -0.39 is 21.3 Å². The van der Waals surface area contributed by atoms with Gasteiger partial charge in [0, 0.05) is 6.54 Å². The second-order valence-electron chi connectivity index (χ2n) is 14.6. The Morgan fingerprint density at radius 1 is 0.947 bits per heavy atom. The van der Waals surface area contributed by atoms with E-state index in [1.807, 2.05) is 0 Å². The number of fused-ring (bicyclic) bond motifs is 5. The van der Waals surface area contributed by atoms with Crippen LogP contribution in [0.25, 0.3) is 0 Å². The first kappa shape index (κ1) is 28.7. The first-order valence-electron chi connectivity index (χ1n) is 16.0. The maximum absolute atomic E-state index is 12.5.